The molecule has 0 atom stereocenters. The molecule has 0 saturated heterocycles. The highest BCUT2D eigenvalue weighted by molar-refractivity contribution is 7.99. The molecule has 0 unspecified atom stereocenters. The average molecular weight is 490 g/mol. The van der Waals surface area contributed by atoms with Crippen LogP contribution in [-0.2, 0) is 4.79 Å². The number of benzene rings is 2. The van der Waals surface area contributed by atoms with Crippen LogP contribution in [0.4, 0.5) is 5.69 Å². The number of aryl methyl sites for hydroxylation is 2. The van der Waals surface area contributed by atoms with Crippen molar-refractivity contribution in [1.29, 1.82) is 0 Å². The molecule has 0 bridgehead atoms. The number of hydrogen-bond acceptors (Lipinski definition) is 5. The van der Waals surface area contributed by atoms with Gasteiger partial charge in [-0.15, -0.1) is 11.3 Å². The van der Waals surface area contributed by atoms with Crippen molar-refractivity contribution < 1.29 is 4.79 Å². The van der Waals surface area contributed by atoms with E-state index in [1.54, 1.807) is 48.5 Å². The fourth-order valence-corrected chi connectivity index (χ4v) is 5.26. The molecule has 4 aromatic rings. The summed E-state index contributed by atoms with van der Waals surface area (Å²) >= 11 is 14.8. The van der Waals surface area contributed by atoms with Crippen LogP contribution in [0.15, 0.2) is 58.5 Å². The Bertz CT molecular complexity index is 1350. The summed E-state index contributed by atoms with van der Waals surface area (Å²) in [7, 11) is 0. The van der Waals surface area contributed by atoms with Crippen LogP contribution in [0.1, 0.15) is 10.4 Å². The molecule has 0 aliphatic heterocycles. The van der Waals surface area contributed by atoms with Gasteiger partial charge in [0, 0.05) is 9.90 Å². The minimum Gasteiger partial charge on any atom is -0.324 e. The topological polar surface area (TPSA) is 64.0 Å². The number of carbonyl (C=O) groups excluding carboxylic acids is 1. The van der Waals surface area contributed by atoms with Crippen LogP contribution in [0, 0.1) is 13.8 Å². The summed E-state index contributed by atoms with van der Waals surface area (Å²) in [4.78, 5) is 32.4. The van der Waals surface area contributed by atoms with Crippen molar-refractivity contribution in [1.82, 2.24) is 9.55 Å². The van der Waals surface area contributed by atoms with E-state index in [0.717, 1.165) is 10.4 Å². The van der Waals surface area contributed by atoms with E-state index in [1.165, 1.54) is 27.7 Å². The van der Waals surface area contributed by atoms with E-state index >= 15 is 0 Å². The fraction of sp³-hybridized carbons (Fsp3) is 0.136. The van der Waals surface area contributed by atoms with Crippen molar-refractivity contribution in [3.8, 4) is 5.69 Å². The van der Waals surface area contributed by atoms with Crippen molar-refractivity contribution in [2.45, 2.75) is 19.0 Å². The number of carbonyl (C=O) groups is 1. The molecule has 0 spiro atoms. The number of hydrogen-bond donors (Lipinski definition) is 1. The first kappa shape index (κ1) is 21.9. The van der Waals surface area contributed by atoms with Crippen LogP contribution in [-0.4, -0.2) is 21.2 Å². The zero-order valence-electron chi connectivity index (χ0n) is 16.6. The van der Waals surface area contributed by atoms with Crippen LogP contribution in [0.5, 0.6) is 0 Å². The maximum atomic E-state index is 13.4. The van der Waals surface area contributed by atoms with Crippen LogP contribution in [0.2, 0.25) is 10.0 Å². The predicted molar refractivity (Wildman–Crippen MR) is 131 cm³/mol. The SMILES string of the molecule is Cc1sc2nc(SCC(=O)Nc3ccccc3Cl)n(-c3ccc(Cl)cc3)c(=O)c2c1C. The molecule has 0 aliphatic rings. The van der Waals surface area contributed by atoms with Gasteiger partial charge in [0.15, 0.2) is 5.16 Å². The lowest BCUT2D eigenvalue weighted by Crippen LogP contribution is -2.22. The summed E-state index contributed by atoms with van der Waals surface area (Å²) in [5.41, 5.74) is 1.94. The van der Waals surface area contributed by atoms with Crippen molar-refractivity contribution in [3.63, 3.8) is 0 Å². The molecule has 9 heteroatoms. The quantitative estimate of drug-likeness (QED) is 0.271. The Hall–Kier alpha value is -2.32. The molecule has 0 aliphatic carbocycles. The highest BCUT2D eigenvalue weighted by atomic mass is 35.5. The van der Waals surface area contributed by atoms with E-state index in [9.17, 15) is 9.59 Å². The predicted octanol–water partition coefficient (Wildman–Crippen LogP) is 6.10. The minimum atomic E-state index is -0.242. The Morgan fingerprint density at radius 3 is 2.55 bits per heavy atom. The zero-order valence-corrected chi connectivity index (χ0v) is 19.8. The number of halogens is 2. The highest BCUT2D eigenvalue weighted by Crippen LogP contribution is 2.30. The molecule has 0 fully saturated rings. The lowest BCUT2D eigenvalue weighted by molar-refractivity contribution is -0.113. The maximum Gasteiger partial charge on any atom is 0.267 e. The molecule has 4 rings (SSSR count). The summed E-state index contributed by atoms with van der Waals surface area (Å²) in [5, 5.41) is 4.86. The largest absolute Gasteiger partial charge is 0.324 e. The number of anilines is 1. The number of aromatic nitrogens is 2. The summed E-state index contributed by atoms with van der Waals surface area (Å²) in [5.74, 6) is -0.172. The minimum absolute atomic E-state index is 0.0695. The molecule has 5 nitrogen and oxygen atoms in total. The number of para-hydroxylation sites is 1. The molecule has 0 saturated carbocycles. The van der Waals surface area contributed by atoms with E-state index in [0.29, 0.717) is 36.8 Å². The monoisotopic (exact) mass is 489 g/mol. The zero-order chi connectivity index (χ0) is 22.1. The number of fused-ring (bicyclic) bond motifs is 1. The Morgan fingerprint density at radius 1 is 1.13 bits per heavy atom. The summed E-state index contributed by atoms with van der Waals surface area (Å²) < 4.78 is 1.53. The normalized spacial score (nSPS) is 11.1. The number of nitrogens with zero attached hydrogens (tertiary/aromatic N) is 2. The van der Waals surface area contributed by atoms with Gasteiger partial charge in [0.05, 0.1) is 27.5 Å². The third kappa shape index (κ3) is 4.50. The molecule has 2 heterocycles. The van der Waals surface area contributed by atoms with Gasteiger partial charge < -0.3 is 5.32 Å². The number of amides is 1. The van der Waals surface area contributed by atoms with E-state index in [-0.39, 0.29) is 17.2 Å². The lowest BCUT2D eigenvalue weighted by Gasteiger charge is -2.13. The lowest BCUT2D eigenvalue weighted by atomic mass is 10.2. The Kier molecular flexibility index (Phi) is 6.39. The van der Waals surface area contributed by atoms with Gasteiger partial charge in [0.25, 0.3) is 5.56 Å². The summed E-state index contributed by atoms with van der Waals surface area (Å²) in [6, 6.07) is 14.0. The smallest absolute Gasteiger partial charge is 0.267 e. The number of thioether (sulfide) groups is 1. The molecular weight excluding hydrogens is 473 g/mol. The molecule has 158 valence electrons. The second-order valence-corrected chi connectivity index (χ2v) is 9.78. The van der Waals surface area contributed by atoms with E-state index in [1.807, 2.05) is 13.8 Å². The third-order valence-corrected chi connectivity index (χ3v) is 7.36. The molecule has 1 N–H and O–H groups in total. The van der Waals surface area contributed by atoms with Crippen LogP contribution >= 0.6 is 46.3 Å². The Labute approximate surface area is 197 Å². The second-order valence-electron chi connectivity index (χ2n) is 6.79. The molecule has 2 aromatic heterocycles. The standard InChI is InChI=1S/C22H17Cl2N3O2S2/c1-12-13(2)31-20-19(12)21(29)27(15-9-7-14(23)8-10-15)22(26-20)30-11-18(28)25-17-6-4-3-5-16(17)24/h3-10H,11H2,1-2H3,(H,25,28). The number of thiophene rings is 1. The van der Waals surface area contributed by atoms with Gasteiger partial charge in [-0.3, -0.25) is 14.2 Å². The van der Waals surface area contributed by atoms with Gasteiger partial charge in [0.1, 0.15) is 4.83 Å². The van der Waals surface area contributed by atoms with Gasteiger partial charge in [-0.2, -0.15) is 0 Å². The maximum absolute atomic E-state index is 13.4. The molecule has 2 aromatic carbocycles. The average Bonchev–Trinajstić information content (AvgIpc) is 3.03. The van der Waals surface area contributed by atoms with Gasteiger partial charge in [0.2, 0.25) is 5.91 Å². The first-order valence-electron chi connectivity index (χ1n) is 9.31. The molecule has 31 heavy (non-hydrogen) atoms. The van der Waals surface area contributed by atoms with E-state index in [2.05, 4.69) is 5.32 Å². The second kappa shape index (κ2) is 9.04. The van der Waals surface area contributed by atoms with Crippen molar-refractivity contribution in [2.24, 2.45) is 0 Å². The summed E-state index contributed by atoms with van der Waals surface area (Å²) in [6.45, 7) is 3.89. The van der Waals surface area contributed by atoms with Gasteiger partial charge in [-0.05, 0) is 55.8 Å². The first-order chi connectivity index (χ1) is 14.8. The van der Waals surface area contributed by atoms with Gasteiger partial charge >= 0.3 is 0 Å². The van der Waals surface area contributed by atoms with E-state index in [4.69, 9.17) is 28.2 Å². The molecule has 1 amide bonds. The summed E-state index contributed by atoms with van der Waals surface area (Å²) in [6.07, 6.45) is 0. The molecular formula is C22H17Cl2N3O2S2. The number of nitrogens with one attached hydrogen (secondary N) is 1. The van der Waals surface area contributed by atoms with Crippen molar-refractivity contribution in [3.05, 3.63) is 79.4 Å². The Balaban J connectivity index is 1.71. The van der Waals surface area contributed by atoms with Crippen LogP contribution in [0.25, 0.3) is 15.9 Å². The third-order valence-electron chi connectivity index (χ3n) is 4.74. The van der Waals surface area contributed by atoms with Crippen LogP contribution in [0.3, 0.4) is 0 Å². The van der Waals surface area contributed by atoms with Crippen molar-refractivity contribution in [2.75, 3.05) is 11.1 Å². The highest BCUT2D eigenvalue weighted by Gasteiger charge is 2.19. The van der Waals surface area contributed by atoms with Crippen molar-refractivity contribution >= 4 is 68.1 Å². The Morgan fingerprint density at radius 2 is 1.84 bits per heavy atom. The van der Waals surface area contributed by atoms with Gasteiger partial charge in [-0.1, -0.05) is 47.1 Å². The molecule has 0 radical (unpaired) electrons. The number of rotatable bonds is 5. The first-order valence-corrected chi connectivity index (χ1v) is 11.9. The van der Waals surface area contributed by atoms with Crippen LogP contribution < -0.4 is 10.9 Å². The van der Waals surface area contributed by atoms with Gasteiger partial charge in [-0.25, -0.2) is 4.98 Å². The van der Waals surface area contributed by atoms with E-state index < -0.39 is 0 Å². The fourth-order valence-electron chi connectivity index (χ4n) is 3.07.